The number of halogens is 2. The summed E-state index contributed by atoms with van der Waals surface area (Å²) in [5.41, 5.74) is 0.131. The monoisotopic (exact) mass is 404 g/mol. The van der Waals surface area contributed by atoms with Crippen molar-refractivity contribution in [2.45, 2.75) is 76.3 Å². The molecule has 0 N–H and O–H groups in total. The highest BCUT2D eigenvalue weighted by atomic mass is 19.2. The van der Waals surface area contributed by atoms with Crippen LogP contribution >= 0.6 is 0 Å². The zero-order chi connectivity index (χ0) is 20.4. The van der Waals surface area contributed by atoms with Crippen molar-refractivity contribution in [1.29, 1.82) is 0 Å². The maximum atomic E-state index is 13.4. The molecule has 0 aromatic heterocycles. The van der Waals surface area contributed by atoms with Crippen LogP contribution in [-0.2, 0) is 4.79 Å². The van der Waals surface area contributed by atoms with E-state index in [1.165, 1.54) is 44.6 Å². The Hall–Kier alpha value is -1.98. The van der Waals surface area contributed by atoms with Crippen LogP contribution < -0.4 is 0 Å². The summed E-state index contributed by atoms with van der Waals surface area (Å²) >= 11 is 0. The van der Waals surface area contributed by atoms with Crippen molar-refractivity contribution >= 4 is 11.8 Å². The highest BCUT2D eigenvalue weighted by molar-refractivity contribution is 5.96. The van der Waals surface area contributed by atoms with Crippen LogP contribution in [0.5, 0.6) is 0 Å². The molecule has 0 atom stereocenters. The number of rotatable bonds is 4. The number of benzene rings is 1. The van der Waals surface area contributed by atoms with Gasteiger partial charge in [-0.1, -0.05) is 38.5 Å². The van der Waals surface area contributed by atoms with E-state index < -0.39 is 11.6 Å². The van der Waals surface area contributed by atoms with Crippen LogP contribution in [0.3, 0.4) is 0 Å². The molecule has 2 amide bonds. The fourth-order valence-corrected chi connectivity index (χ4v) is 5.20. The van der Waals surface area contributed by atoms with Crippen LogP contribution in [0, 0.1) is 17.6 Å². The first-order valence-electron chi connectivity index (χ1n) is 11.1. The van der Waals surface area contributed by atoms with Gasteiger partial charge in [0.15, 0.2) is 11.6 Å². The standard InChI is InChI=1S/C23H30F2N2O2/c24-20-12-11-16(13-21(20)25)22(28)26-14-17(15-26)23(29)27(18-7-3-1-4-8-18)19-9-5-2-6-10-19/h11-13,17-19H,1-10,14-15H2. The molecule has 158 valence electrons. The summed E-state index contributed by atoms with van der Waals surface area (Å²) in [6, 6.07) is 3.89. The predicted molar refractivity (Wildman–Crippen MR) is 106 cm³/mol. The smallest absolute Gasteiger partial charge is 0.254 e. The average Bonchev–Trinajstić information content (AvgIpc) is 2.71. The molecule has 1 aromatic rings. The van der Waals surface area contributed by atoms with Crippen molar-refractivity contribution in [3.63, 3.8) is 0 Å². The van der Waals surface area contributed by atoms with E-state index in [2.05, 4.69) is 4.90 Å². The molecule has 3 fully saturated rings. The molecule has 4 rings (SSSR count). The Kier molecular flexibility index (Phi) is 6.16. The normalized spacial score (nSPS) is 21.7. The fourth-order valence-electron chi connectivity index (χ4n) is 5.20. The molecule has 2 aliphatic carbocycles. The molecular weight excluding hydrogens is 374 g/mol. The van der Waals surface area contributed by atoms with Crippen molar-refractivity contribution in [2.24, 2.45) is 5.92 Å². The summed E-state index contributed by atoms with van der Waals surface area (Å²) in [5, 5.41) is 0. The van der Waals surface area contributed by atoms with Crippen LogP contribution in [-0.4, -0.2) is 46.8 Å². The summed E-state index contributed by atoms with van der Waals surface area (Å²) in [4.78, 5) is 29.7. The molecule has 1 aliphatic heterocycles. The topological polar surface area (TPSA) is 40.6 Å². The van der Waals surface area contributed by atoms with E-state index in [-0.39, 0.29) is 23.3 Å². The van der Waals surface area contributed by atoms with Crippen LogP contribution in [0.4, 0.5) is 8.78 Å². The first-order valence-corrected chi connectivity index (χ1v) is 11.1. The molecular formula is C23H30F2N2O2. The van der Waals surface area contributed by atoms with Crippen molar-refractivity contribution in [2.75, 3.05) is 13.1 Å². The number of hydrogen-bond donors (Lipinski definition) is 0. The number of carbonyl (C=O) groups is 2. The molecule has 6 heteroatoms. The van der Waals surface area contributed by atoms with Crippen molar-refractivity contribution in [3.05, 3.63) is 35.4 Å². The predicted octanol–water partition coefficient (Wildman–Crippen LogP) is 4.53. The van der Waals surface area contributed by atoms with Crippen LogP contribution in [0.2, 0.25) is 0 Å². The van der Waals surface area contributed by atoms with Gasteiger partial charge in [-0.3, -0.25) is 9.59 Å². The summed E-state index contributed by atoms with van der Waals surface area (Å²) in [7, 11) is 0. The lowest BCUT2D eigenvalue weighted by atomic mass is 9.86. The van der Waals surface area contributed by atoms with Gasteiger partial charge < -0.3 is 9.80 Å². The zero-order valence-corrected chi connectivity index (χ0v) is 16.9. The Morgan fingerprint density at radius 2 is 1.38 bits per heavy atom. The van der Waals surface area contributed by atoms with E-state index in [0.717, 1.165) is 37.8 Å². The molecule has 1 heterocycles. The molecule has 0 spiro atoms. The minimum atomic E-state index is -1.02. The van der Waals surface area contributed by atoms with Crippen molar-refractivity contribution in [1.82, 2.24) is 9.80 Å². The molecule has 1 aromatic carbocycles. The first-order chi connectivity index (χ1) is 14.0. The second-order valence-electron chi connectivity index (χ2n) is 8.87. The van der Waals surface area contributed by atoms with Gasteiger partial charge in [0.25, 0.3) is 5.91 Å². The van der Waals surface area contributed by atoms with Crippen molar-refractivity contribution in [3.8, 4) is 0 Å². The summed E-state index contributed by atoms with van der Waals surface area (Å²) in [6.07, 6.45) is 11.6. The Morgan fingerprint density at radius 1 is 0.828 bits per heavy atom. The third-order valence-corrected chi connectivity index (χ3v) is 6.88. The van der Waals surface area contributed by atoms with Gasteiger partial charge in [-0.2, -0.15) is 0 Å². The van der Waals surface area contributed by atoms with Crippen LogP contribution in [0.25, 0.3) is 0 Å². The molecule has 2 saturated carbocycles. The number of carbonyl (C=O) groups excluding carboxylic acids is 2. The Bertz CT molecular complexity index is 733. The zero-order valence-electron chi connectivity index (χ0n) is 16.9. The Labute approximate surface area is 171 Å². The first kappa shape index (κ1) is 20.3. The lowest BCUT2D eigenvalue weighted by Gasteiger charge is -2.47. The second kappa shape index (κ2) is 8.80. The number of amides is 2. The Morgan fingerprint density at radius 3 is 1.90 bits per heavy atom. The van der Waals surface area contributed by atoms with Crippen molar-refractivity contribution < 1.29 is 18.4 Å². The number of hydrogen-bond acceptors (Lipinski definition) is 2. The van der Waals surface area contributed by atoms with Gasteiger partial charge in [0, 0.05) is 30.7 Å². The van der Waals surface area contributed by atoms with Gasteiger partial charge in [-0.25, -0.2) is 8.78 Å². The van der Waals surface area contributed by atoms with Gasteiger partial charge in [0.2, 0.25) is 5.91 Å². The van der Waals surface area contributed by atoms with Crippen LogP contribution in [0.15, 0.2) is 18.2 Å². The summed E-state index contributed by atoms with van der Waals surface area (Å²) in [5.74, 6) is -2.31. The maximum Gasteiger partial charge on any atom is 0.254 e. The summed E-state index contributed by atoms with van der Waals surface area (Å²) < 4.78 is 26.6. The maximum absolute atomic E-state index is 13.4. The van der Waals surface area contributed by atoms with Gasteiger partial charge in [0.05, 0.1) is 5.92 Å². The van der Waals surface area contributed by atoms with E-state index in [4.69, 9.17) is 0 Å². The lowest BCUT2D eigenvalue weighted by Crippen LogP contribution is -2.60. The quantitative estimate of drug-likeness (QED) is 0.740. The lowest BCUT2D eigenvalue weighted by molar-refractivity contribution is -0.146. The molecule has 4 nitrogen and oxygen atoms in total. The van der Waals surface area contributed by atoms with Gasteiger partial charge in [0.1, 0.15) is 0 Å². The molecule has 1 saturated heterocycles. The van der Waals surface area contributed by atoms with Gasteiger partial charge in [-0.05, 0) is 43.9 Å². The fraction of sp³-hybridized carbons (Fsp3) is 0.652. The molecule has 29 heavy (non-hydrogen) atoms. The van der Waals surface area contributed by atoms with Crippen LogP contribution in [0.1, 0.15) is 74.6 Å². The van der Waals surface area contributed by atoms with E-state index >= 15 is 0 Å². The average molecular weight is 405 g/mol. The SMILES string of the molecule is O=C(c1ccc(F)c(F)c1)N1CC(C(=O)N(C2CCCCC2)C2CCCCC2)C1. The third-order valence-electron chi connectivity index (χ3n) is 6.88. The highest BCUT2D eigenvalue weighted by Crippen LogP contribution is 2.33. The second-order valence-corrected chi connectivity index (χ2v) is 8.87. The van der Waals surface area contributed by atoms with Gasteiger partial charge in [-0.15, -0.1) is 0 Å². The molecule has 3 aliphatic rings. The van der Waals surface area contributed by atoms with E-state index in [0.29, 0.717) is 25.2 Å². The number of nitrogens with zero attached hydrogens (tertiary/aromatic N) is 2. The minimum Gasteiger partial charge on any atom is -0.337 e. The summed E-state index contributed by atoms with van der Waals surface area (Å²) in [6.45, 7) is 0.735. The van der Waals surface area contributed by atoms with Gasteiger partial charge >= 0.3 is 0 Å². The number of likely N-dealkylation sites (tertiary alicyclic amines) is 1. The van der Waals surface area contributed by atoms with E-state index in [9.17, 15) is 18.4 Å². The molecule has 0 radical (unpaired) electrons. The van der Waals surface area contributed by atoms with E-state index in [1.54, 1.807) is 4.90 Å². The van der Waals surface area contributed by atoms with E-state index in [1.807, 2.05) is 0 Å². The molecule has 0 bridgehead atoms. The highest BCUT2D eigenvalue weighted by Gasteiger charge is 2.42. The third kappa shape index (κ3) is 4.31. The minimum absolute atomic E-state index is 0.131. The Balaban J connectivity index is 1.41. The molecule has 0 unspecified atom stereocenters. The largest absolute Gasteiger partial charge is 0.337 e.